The molecule has 2 rings (SSSR count). The van der Waals surface area contributed by atoms with Gasteiger partial charge in [0, 0.05) is 34.6 Å². The Hall–Kier alpha value is -0.610. The molecule has 1 fully saturated rings. The number of nitrogens with one attached hydrogen (secondary N) is 1. The molecule has 2 heterocycles. The van der Waals surface area contributed by atoms with Crippen LogP contribution in [0.1, 0.15) is 15.2 Å². The molecule has 1 aromatic rings. The van der Waals surface area contributed by atoms with Gasteiger partial charge in [-0.15, -0.1) is 11.3 Å². The molecule has 102 valence electrons. The highest BCUT2D eigenvalue weighted by Crippen LogP contribution is 2.23. The monoisotopic (exact) mass is 313 g/mol. The molecular formula is C13H15NO2S3. The molecule has 0 bridgehead atoms. The Morgan fingerprint density at radius 2 is 2.42 bits per heavy atom. The third-order valence-electron chi connectivity index (χ3n) is 2.55. The van der Waals surface area contributed by atoms with Crippen LogP contribution in [0.3, 0.4) is 0 Å². The molecule has 1 aliphatic rings. The van der Waals surface area contributed by atoms with Gasteiger partial charge in [-0.2, -0.15) is 23.5 Å². The van der Waals surface area contributed by atoms with Crippen LogP contribution < -0.4 is 5.32 Å². The van der Waals surface area contributed by atoms with Crippen molar-refractivity contribution in [3.8, 4) is 11.8 Å². The van der Waals surface area contributed by atoms with Gasteiger partial charge in [0.05, 0.1) is 0 Å². The van der Waals surface area contributed by atoms with Crippen molar-refractivity contribution in [2.24, 2.45) is 0 Å². The lowest BCUT2D eigenvalue weighted by Gasteiger charge is -2.20. The topological polar surface area (TPSA) is 49.3 Å². The first-order valence-electron chi connectivity index (χ1n) is 5.96. The number of hydrogen-bond acceptors (Lipinski definition) is 5. The number of carbonyl (C=O) groups is 1. The van der Waals surface area contributed by atoms with Gasteiger partial charge < -0.3 is 10.4 Å². The van der Waals surface area contributed by atoms with Crippen molar-refractivity contribution < 1.29 is 9.90 Å². The highest BCUT2D eigenvalue weighted by molar-refractivity contribution is 8.06. The second kappa shape index (κ2) is 7.85. The predicted molar refractivity (Wildman–Crippen MR) is 84.2 cm³/mol. The van der Waals surface area contributed by atoms with Crippen LogP contribution in [0.4, 0.5) is 0 Å². The third kappa shape index (κ3) is 4.46. The number of aliphatic hydroxyl groups is 1. The maximum absolute atomic E-state index is 12.1. The highest BCUT2D eigenvalue weighted by Gasteiger charge is 2.17. The Balaban J connectivity index is 1.90. The van der Waals surface area contributed by atoms with E-state index in [-0.39, 0.29) is 12.5 Å². The molecule has 1 atom stereocenters. The van der Waals surface area contributed by atoms with Crippen LogP contribution in [0.2, 0.25) is 0 Å². The lowest BCUT2D eigenvalue weighted by Crippen LogP contribution is -2.33. The Bertz CT molecular complexity index is 484. The second-order valence-corrected chi connectivity index (χ2v) is 7.38. The van der Waals surface area contributed by atoms with Crippen LogP contribution >= 0.6 is 34.9 Å². The van der Waals surface area contributed by atoms with E-state index in [0.717, 1.165) is 11.5 Å². The molecule has 6 heteroatoms. The molecule has 0 radical (unpaired) electrons. The first kappa shape index (κ1) is 14.8. The summed E-state index contributed by atoms with van der Waals surface area (Å²) in [6.45, 7) is 0.522. The standard InChI is InChI=1S/C13H15NO2S3/c15-4-1-2-10-3-5-19-12(10)13(16)14-8-11-9-17-6-7-18-11/h3,5,11,15H,4,6-9H2,(H,14,16). The minimum Gasteiger partial charge on any atom is -0.384 e. The third-order valence-corrected chi connectivity index (χ3v) is 6.31. The summed E-state index contributed by atoms with van der Waals surface area (Å²) in [7, 11) is 0. The maximum Gasteiger partial charge on any atom is 0.262 e. The summed E-state index contributed by atoms with van der Waals surface area (Å²) in [5, 5.41) is 14.0. The van der Waals surface area contributed by atoms with Crippen molar-refractivity contribution in [2.75, 3.05) is 30.4 Å². The van der Waals surface area contributed by atoms with E-state index in [4.69, 9.17) is 5.11 Å². The number of thiophene rings is 1. The smallest absolute Gasteiger partial charge is 0.262 e. The first-order valence-corrected chi connectivity index (χ1v) is 9.04. The van der Waals surface area contributed by atoms with Crippen molar-refractivity contribution in [2.45, 2.75) is 5.25 Å². The molecule has 2 N–H and O–H groups in total. The number of rotatable bonds is 3. The van der Waals surface area contributed by atoms with Crippen molar-refractivity contribution in [1.82, 2.24) is 5.32 Å². The zero-order chi connectivity index (χ0) is 13.5. The number of hydrogen-bond donors (Lipinski definition) is 2. The van der Waals surface area contributed by atoms with Crippen LogP contribution in [0.5, 0.6) is 0 Å². The van der Waals surface area contributed by atoms with Crippen LogP contribution in [0.25, 0.3) is 0 Å². The molecule has 1 amide bonds. The molecule has 3 nitrogen and oxygen atoms in total. The summed E-state index contributed by atoms with van der Waals surface area (Å²) >= 11 is 5.26. The fraction of sp³-hybridized carbons (Fsp3) is 0.462. The molecule has 0 aromatic carbocycles. The minimum atomic E-state index is -0.188. The van der Waals surface area contributed by atoms with Crippen molar-refractivity contribution >= 4 is 40.8 Å². The van der Waals surface area contributed by atoms with Gasteiger partial charge in [0.2, 0.25) is 0 Å². The number of thioether (sulfide) groups is 2. The maximum atomic E-state index is 12.1. The van der Waals surface area contributed by atoms with E-state index in [1.54, 1.807) is 0 Å². The molecule has 0 spiro atoms. The summed E-state index contributed by atoms with van der Waals surface area (Å²) in [5.74, 6) is 8.79. The molecule has 1 saturated heterocycles. The van der Waals surface area contributed by atoms with E-state index in [1.165, 1.54) is 17.1 Å². The molecule has 0 aliphatic carbocycles. The zero-order valence-corrected chi connectivity index (χ0v) is 12.8. The minimum absolute atomic E-state index is 0.0617. The fourth-order valence-corrected chi connectivity index (χ4v) is 5.04. The number of amides is 1. The van der Waals surface area contributed by atoms with Gasteiger partial charge in [0.15, 0.2) is 0 Å². The van der Waals surface area contributed by atoms with Crippen molar-refractivity contribution in [3.05, 3.63) is 21.9 Å². The van der Waals surface area contributed by atoms with Crippen LogP contribution in [-0.4, -0.2) is 46.7 Å². The Kier molecular flexibility index (Phi) is 6.11. The normalized spacial score (nSPS) is 18.5. The Morgan fingerprint density at radius 1 is 1.53 bits per heavy atom. The quantitative estimate of drug-likeness (QED) is 0.834. The van der Waals surface area contributed by atoms with Gasteiger partial charge in [-0.1, -0.05) is 11.8 Å². The number of carbonyl (C=O) groups excluding carboxylic acids is 1. The lowest BCUT2D eigenvalue weighted by molar-refractivity contribution is 0.0958. The summed E-state index contributed by atoms with van der Waals surface area (Å²) in [6.07, 6.45) is 0. The summed E-state index contributed by atoms with van der Waals surface area (Å²) < 4.78 is 0. The van der Waals surface area contributed by atoms with Crippen LogP contribution in [0.15, 0.2) is 11.4 Å². The van der Waals surface area contributed by atoms with Gasteiger partial charge in [-0.25, -0.2) is 0 Å². The largest absolute Gasteiger partial charge is 0.384 e. The molecule has 1 aliphatic heterocycles. The predicted octanol–water partition coefficient (Wildman–Crippen LogP) is 1.67. The number of aliphatic hydroxyl groups excluding tert-OH is 1. The zero-order valence-electron chi connectivity index (χ0n) is 10.3. The summed E-state index contributed by atoms with van der Waals surface area (Å²) in [6, 6.07) is 1.81. The molecule has 1 unspecified atom stereocenters. The average molecular weight is 313 g/mol. The average Bonchev–Trinajstić information content (AvgIpc) is 2.92. The SMILES string of the molecule is O=C(NCC1CSCCS1)c1sccc1C#CCO. The fourth-order valence-electron chi connectivity index (χ4n) is 1.66. The highest BCUT2D eigenvalue weighted by atomic mass is 32.2. The molecule has 0 saturated carbocycles. The lowest BCUT2D eigenvalue weighted by atomic mass is 10.2. The van der Waals surface area contributed by atoms with Crippen LogP contribution in [0, 0.1) is 11.8 Å². The van der Waals surface area contributed by atoms with Gasteiger partial charge in [-0.3, -0.25) is 4.79 Å². The van der Waals surface area contributed by atoms with Gasteiger partial charge in [-0.05, 0) is 11.4 Å². The van der Waals surface area contributed by atoms with Crippen LogP contribution in [-0.2, 0) is 0 Å². The molecule has 1 aromatic heterocycles. The van der Waals surface area contributed by atoms with Crippen molar-refractivity contribution in [1.29, 1.82) is 0 Å². The van der Waals surface area contributed by atoms with E-state index in [1.807, 2.05) is 35.0 Å². The summed E-state index contributed by atoms with van der Waals surface area (Å²) in [5.41, 5.74) is 0.697. The molecule has 19 heavy (non-hydrogen) atoms. The summed E-state index contributed by atoms with van der Waals surface area (Å²) in [4.78, 5) is 12.7. The van der Waals surface area contributed by atoms with E-state index >= 15 is 0 Å². The molecular weight excluding hydrogens is 298 g/mol. The Labute approximate surface area is 125 Å². The van der Waals surface area contributed by atoms with E-state index in [0.29, 0.717) is 22.2 Å². The second-order valence-electron chi connectivity index (χ2n) is 3.90. The Morgan fingerprint density at radius 3 is 3.16 bits per heavy atom. The van der Waals surface area contributed by atoms with Gasteiger partial charge in [0.25, 0.3) is 5.91 Å². The van der Waals surface area contributed by atoms with E-state index in [9.17, 15) is 4.79 Å². The van der Waals surface area contributed by atoms with E-state index < -0.39 is 0 Å². The van der Waals surface area contributed by atoms with E-state index in [2.05, 4.69) is 17.2 Å². The van der Waals surface area contributed by atoms with Gasteiger partial charge >= 0.3 is 0 Å². The first-order chi connectivity index (χ1) is 9.31. The van der Waals surface area contributed by atoms with Crippen molar-refractivity contribution in [3.63, 3.8) is 0 Å². The van der Waals surface area contributed by atoms with Gasteiger partial charge in [0.1, 0.15) is 11.5 Å².